The lowest BCUT2D eigenvalue weighted by Crippen LogP contribution is -3.08. The maximum Gasteiger partial charge on any atom is 0.279 e. The summed E-state index contributed by atoms with van der Waals surface area (Å²) < 4.78 is 10.7. The molecule has 1 amide bonds. The first kappa shape index (κ1) is 19.8. The minimum atomic E-state index is 0.00864. The molecule has 0 aliphatic heterocycles. The van der Waals surface area contributed by atoms with E-state index in [0.29, 0.717) is 12.3 Å². The predicted octanol–water partition coefficient (Wildman–Crippen LogP) is 2.28. The van der Waals surface area contributed by atoms with Crippen LogP contribution in [0.1, 0.15) is 22.3 Å². The summed E-state index contributed by atoms with van der Waals surface area (Å²) >= 11 is 0. The number of amides is 1. The molecule has 2 rings (SSSR count). The minimum Gasteiger partial charge on any atom is -0.493 e. The van der Waals surface area contributed by atoms with Crippen LogP contribution in [0.4, 0.5) is 5.69 Å². The number of hydrogen-bond acceptors (Lipinski definition) is 3. The van der Waals surface area contributed by atoms with Crippen molar-refractivity contribution >= 4 is 11.6 Å². The number of nitrogens with one attached hydrogen (secondary N) is 2. The number of quaternary nitrogens is 1. The second kappa shape index (κ2) is 8.72. The third-order valence-electron chi connectivity index (χ3n) is 4.46. The van der Waals surface area contributed by atoms with Gasteiger partial charge in [-0.25, -0.2) is 0 Å². The van der Waals surface area contributed by atoms with Crippen LogP contribution in [-0.4, -0.2) is 33.7 Å². The number of anilines is 1. The maximum atomic E-state index is 12.4. The van der Waals surface area contributed by atoms with Gasteiger partial charge in [-0.2, -0.15) is 0 Å². The van der Waals surface area contributed by atoms with E-state index >= 15 is 0 Å². The van der Waals surface area contributed by atoms with Crippen molar-refractivity contribution < 1.29 is 19.2 Å². The van der Waals surface area contributed by atoms with Gasteiger partial charge in [0.1, 0.15) is 6.54 Å². The summed E-state index contributed by atoms with van der Waals surface area (Å²) in [7, 11) is 5.27. The second-order valence-corrected chi connectivity index (χ2v) is 6.81. The third-order valence-corrected chi connectivity index (χ3v) is 4.46. The van der Waals surface area contributed by atoms with Crippen LogP contribution in [0, 0.1) is 20.8 Å². The molecule has 26 heavy (non-hydrogen) atoms. The zero-order chi connectivity index (χ0) is 19.3. The molecule has 0 aromatic heterocycles. The summed E-state index contributed by atoms with van der Waals surface area (Å²) in [5.74, 6) is 1.44. The molecule has 2 aromatic carbocycles. The van der Waals surface area contributed by atoms with Crippen molar-refractivity contribution in [3.05, 3.63) is 52.6 Å². The van der Waals surface area contributed by atoms with Crippen LogP contribution < -0.4 is 19.7 Å². The Kier molecular flexibility index (Phi) is 6.64. The Hall–Kier alpha value is -2.53. The fraction of sp³-hybridized carbons (Fsp3) is 0.381. The van der Waals surface area contributed by atoms with E-state index in [1.54, 1.807) is 14.2 Å². The molecule has 0 saturated heterocycles. The van der Waals surface area contributed by atoms with Gasteiger partial charge in [-0.3, -0.25) is 4.79 Å². The number of methoxy groups -OCH3 is 2. The van der Waals surface area contributed by atoms with Gasteiger partial charge in [0.15, 0.2) is 18.0 Å². The molecule has 0 radical (unpaired) electrons. The van der Waals surface area contributed by atoms with Gasteiger partial charge in [0.2, 0.25) is 0 Å². The van der Waals surface area contributed by atoms with Crippen LogP contribution in [0.25, 0.3) is 0 Å². The van der Waals surface area contributed by atoms with Gasteiger partial charge in [-0.05, 0) is 55.7 Å². The van der Waals surface area contributed by atoms with Crippen molar-refractivity contribution in [2.75, 3.05) is 33.1 Å². The average molecular weight is 357 g/mol. The Morgan fingerprint density at radius 1 is 1.00 bits per heavy atom. The summed E-state index contributed by atoms with van der Waals surface area (Å²) in [5.41, 5.74) is 5.34. The van der Waals surface area contributed by atoms with Crippen LogP contribution in [0.2, 0.25) is 0 Å². The van der Waals surface area contributed by atoms with Crippen molar-refractivity contribution in [1.82, 2.24) is 0 Å². The first-order chi connectivity index (χ1) is 12.3. The number of hydrogen-bond donors (Lipinski definition) is 2. The minimum absolute atomic E-state index is 0.00864. The molecule has 2 aromatic rings. The Labute approximate surface area is 155 Å². The lowest BCUT2D eigenvalue weighted by Gasteiger charge is -2.17. The van der Waals surface area contributed by atoms with Crippen molar-refractivity contribution in [2.45, 2.75) is 27.3 Å². The highest BCUT2D eigenvalue weighted by molar-refractivity contribution is 5.92. The van der Waals surface area contributed by atoms with E-state index in [9.17, 15) is 4.79 Å². The van der Waals surface area contributed by atoms with Crippen molar-refractivity contribution in [2.24, 2.45) is 0 Å². The lowest BCUT2D eigenvalue weighted by atomic mass is 10.1. The van der Waals surface area contributed by atoms with Gasteiger partial charge in [-0.15, -0.1) is 0 Å². The van der Waals surface area contributed by atoms with Crippen LogP contribution in [0.3, 0.4) is 0 Å². The molecule has 2 N–H and O–H groups in total. The van der Waals surface area contributed by atoms with E-state index < -0.39 is 0 Å². The van der Waals surface area contributed by atoms with Crippen LogP contribution in [-0.2, 0) is 11.3 Å². The highest BCUT2D eigenvalue weighted by Gasteiger charge is 2.15. The summed E-state index contributed by atoms with van der Waals surface area (Å²) in [5, 5.41) is 3.02. The van der Waals surface area contributed by atoms with Gasteiger partial charge in [0, 0.05) is 11.3 Å². The Morgan fingerprint density at radius 2 is 1.65 bits per heavy atom. The van der Waals surface area contributed by atoms with Crippen LogP contribution in [0.5, 0.6) is 11.5 Å². The number of likely N-dealkylation sites (N-methyl/N-ethyl adjacent to an activating group) is 1. The van der Waals surface area contributed by atoms with Crippen molar-refractivity contribution in [3.8, 4) is 11.5 Å². The fourth-order valence-corrected chi connectivity index (χ4v) is 2.94. The first-order valence-corrected chi connectivity index (χ1v) is 8.74. The molecule has 0 saturated carbocycles. The molecule has 0 bridgehead atoms. The number of benzene rings is 2. The second-order valence-electron chi connectivity index (χ2n) is 6.81. The van der Waals surface area contributed by atoms with E-state index in [4.69, 9.17) is 9.47 Å². The first-order valence-electron chi connectivity index (χ1n) is 8.74. The molecule has 0 fully saturated rings. The zero-order valence-corrected chi connectivity index (χ0v) is 16.5. The highest BCUT2D eigenvalue weighted by Crippen LogP contribution is 2.29. The molecule has 0 aliphatic carbocycles. The number of carbonyl (C=O) groups is 1. The number of rotatable bonds is 7. The van der Waals surface area contributed by atoms with E-state index in [0.717, 1.165) is 45.1 Å². The highest BCUT2D eigenvalue weighted by atomic mass is 16.5. The van der Waals surface area contributed by atoms with E-state index in [-0.39, 0.29) is 5.91 Å². The summed E-state index contributed by atoms with van der Waals surface area (Å²) in [4.78, 5) is 13.5. The topological polar surface area (TPSA) is 52.0 Å². The fourth-order valence-electron chi connectivity index (χ4n) is 2.94. The summed E-state index contributed by atoms with van der Waals surface area (Å²) in [6.07, 6.45) is 0. The van der Waals surface area contributed by atoms with Gasteiger partial charge in [0.05, 0.1) is 21.3 Å². The Morgan fingerprint density at radius 3 is 2.31 bits per heavy atom. The van der Waals surface area contributed by atoms with Gasteiger partial charge in [-0.1, -0.05) is 12.1 Å². The molecular weight excluding hydrogens is 328 g/mol. The van der Waals surface area contributed by atoms with Crippen molar-refractivity contribution in [3.63, 3.8) is 0 Å². The van der Waals surface area contributed by atoms with Crippen LogP contribution >= 0.6 is 0 Å². The smallest absolute Gasteiger partial charge is 0.279 e. The Balaban J connectivity index is 2.03. The van der Waals surface area contributed by atoms with E-state index in [1.165, 1.54) is 0 Å². The number of carbonyl (C=O) groups excluding carboxylic acids is 1. The largest absolute Gasteiger partial charge is 0.493 e. The van der Waals surface area contributed by atoms with Gasteiger partial charge < -0.3 is 19.7 Å². The summed E-state index contributed by atoms with van der Waals surface area (Å²) in [6.45, 7) is 7.18. The quantitative estimate of drug-likeness (QED) is 0.799. The third kappa shape index (κ3) is 4.99. The predicted molar refractivity (Wildman–Crippen MR) is 104 cm³/mol. The van der Waals surface area contributed by atoms with Crippen molar-refractivity contribution in [1.29, 1.82) is 0 Å². The molecule has 5 nitrogen and oxygen atoms in total. The summed E-state index contributed by atoms with van der Waals surface area (Å²) in [6, 6.07) is 10.0. The molecule has 1 unspecified atom stereocenters. The zero-order valence-electron chi connectivity index (χ0n) is 16.5. The molecule has 1 atom stereocenters. The van der Waals surface area contributed by atoms with Gasteiger partial charge >= 0.3 is 0 Å². The molecule has 0 spiro atoms. The van der Waals surface area contributed by atoms with E-state index in [1.807, 2.05) is 58.2 Å². The average Bonchev–Trinajstić information content (AvgIpc) is 2.59. The van der Waals surface area contributed by atoms with Gasteiger partial charge in [0.25, 0.3) is 5.91 Å². The standard InChI is InChI=1S/C21H28N2O3/c1-14-7-8-15(2)18(9-14)22-21(24)13-23(4)12-17-11-20(26-6)19(25-5)10-16(17)3/h7-11H,12-13H2,1-6H3,(H,22,24)/p+1. The molecule has 0 heterocycles. The SMILES string of the molecule is COc1cc(C)c(C[NH+](C)CC(=O)Nc2cc(C)ccc2C)cc1OC. The lowest BCUT2D eigenvalue weighted by molar-refractivity contribution is -0.885. The molecular formula is C21H29N2O3+. The maximum absolute atomic E-state index is 12.4. The number of aryl methyl sites for hydroxylation is 3. The normalized spacial score (nSPS) is 11.8. The van der Waals surface area contributed by atoms with Crippen LogP contribution in [0.15, 0.2) is 30.3 Å². The molecule has 140 valence electrons. The molecule has 5 heteroatoms. The Bertz CT molecular complexity index is 787. The number of ether oxygens (including phenoxy) is 2. The van der Waals surface area contributed by atoms with E-state index in [2.05, 4.69) is 5.32 Å². The molecule has 0 aliphatic rings. The monoisotopic (exact) mass is 357 g/mol.